The van der Waals surface area contributed by atoms with Gasteiger partial charge in [-0.1, -0.05) is 11.6 Å². The summed E-state index contributed by atoms with van der Waals surface area (Å²) < 4.78 is 1.85. The number of nitro groups is 1. The lowest BCUT2D eigenvalue weighted by Crippen LogP contribution is -2.11. The second-order valence-electron chi connectivity index (χ2n) is 4.04. The van der Waals surface area contributed by atoms with E-state index in [0.717, 1.165) is 5.82 Å². The summed E-state index contributed by atoms with van der Waals surface area (Å²) in [6, 6.07) is 4.66. The van der Waals surface area contributed by atoms with Crippen molar-refractivity contribution in [1.29, 1.82) is 0 Å². The van der Waals surface area contributed by atoms with E-state index in [-0.39, 0.29) is 5.69 Å². The Bertz CT molecular complexity index is 597. The molecule has 2 aromatic rings. The van der Waals surface area contributed by atoms with Crippen molar-refractivity contribution in [2.75, 3.05) is 6.54 Å². The highest BCUT2D eigenvalue weighted by molar-refractivity contribution is 6.30. The van der Waals surface area contributed by atoms with E-state index in [4.69, 9.17) is 17.3 Å². The highest BCUT2D eigenvalue weighted by atomic mass is 35.5. The van der Waals surface area contributed by atoms with Crippen molar-refractivity contribution in [2.45, 2.75) is 13.0 Å². The van der Waals surface area contributed by atoms with Crippen LogP contribution in [0, 0.1) is 10.1 Å². The Balaban J connectivity index is 2.32. The molecule has 0 spiro atoms. The number of hydrogen-bond acceptors (Lipinski definition) is 4. The molecule has 2 rings (SSSR count). The van der Waals surface area contributed by atoms with Gasteiger partial charge < -0.3 is 10.3 Å². The van der Waals surface area contributed by atoms with Gasteiger partial charge in [-0.15, -0.1) is 0 Å². The number of imidazole rings is 1. The molecule has 0 bridgehead atoms. The molecule has 1 heterocycles. The summed E-state index contributed by atoms with van der Waals surface area (Å²) in [5.74, 6) is 0.812. The maximum atomic E-state index is 11.0. The second-order valence-corrected chi connectivity index (χ2v) is 4.48. The maximum absolute atomic E-state index is 11.0. The molecule has 0 radical (unpaired) electrons. The topological polar surface area (TPSA) is 87.0 Å². The minimum Gasteiger partial charge on any atom is -0.330 e. The van der Waals surface area contributed by atoms with Crippen molar-refractivity contribution in [1.82, 2.24) is 9.55 Å². The molecule has 0 saturated heterocycles. The Labute approximate surface area is 115 Å². The fourth-order valence-electron chi connectivity index (χ4n) is 1.87. The van der Waals surface area contributed by atoms with Crippen LogP contribution in [0.3, 0.4) is 0 Å². The number of hydrogen-bond donors (Lipinski definition) is 1. The Morgan fingerprint density at radius 1 is 1.47 bits per heavy atom. The van der Waals surface area contributed by atoms with E-state index in [2.05, 4.69) is 4.98 Å². The van der Waals surface area contributed by atoms with Crippen LogP contribution >= 0.6 is 11.6 Å². The summed E-state index contributed by atoms with van der Waals surface area (Å²) in [7, 11) is 0. The van der Waals surface area contributed by atoms with Gasteiger partial charge in [0.05, 0.1) is 11.5 Å². The van der Waals surface area contributed by atoms with Gasteiger partial charge >= 0.3 is 0 Å². The van der Waals surface area contributed by atoms with Crippen LogP contribution < -0.4 is 5.73 Å². The summed E-state index contributed by atoms with van der Waals surface area (Å²) in [4.78, 5) is 14.8. The average Bonchev–Trinajstić information content (AvgIpc) is 2.79. The van der Waals surface area contributed by atoms with E-state index in [0.29, 0.717) is 30.1 Å². The number of nitrogens with zero attached hydrogens (tertiary/aromatic N) is 3. The van der Waals surface area contributed by atoms with Gasteiger partial charge in [0.25, 0.3) is 5.69 Å². The molecule has 100 valence electrons. The zero-order valence-electron chi connectivity index (χ0n) is 10.1. The number of aromatic nitrogens is 2. The molecular weight excluding hydrogens is 268 g/mol. The number of nitrogens with two attached hydrogens (primary N) is 1. The van der Waals surface area contributed by atoms with Crippen molar-refractivity contribution in [3.05, 3.63) is 57.1 Å². The summed E-state index contributed by atoms with van der Waals surface area (Å²) in [6.45, 7) is 0.864. The van der Waals surface area contributed by atoms with Crippen LogP contribution in [-0.2, 0) is 13.0 Å². The molecule has 0 aliphatic heterocycles. The molecule has 1 aromatic carbocycles. The molecule has 2 N–H and O–H groups in total. The maximum Gasteiger partial charge on any atom is 0.275 e. The lowest BCUT2D eigenvalue weighted by atomic mass is 10.2. The number of rotatable bonds is 5. The van der Waals surface area contributed by atoms with Crippen LogP contribution in [0.2, 0.25) is 5.02 Å². The van der Waals surface area contributed by atoms with E-state index in [1.54, 1.807) is 24.5 Å². The zero-order valence-corrected chi connectivity index (χ0v) is 10.9. The first-order valence-corrected chi connectivity index (χ1v) is 6.12. The summed E-state index contributed by atoms with van der Waals surface area (Å²) in [5.41, 5.74) is 6.10. The van der Waals surface area contributed by atoms with Gasteiger partial charge in [0.2, 0.25) is 0 Å². The number of benzene rings is 1. The van der Waals surface area contributed by atoms with Gasteiger partial charge in [0.15, 0.2) is 0 Å². The van der Waals surface area contributed by atoms with Gasteiger partial charge in [-0.25, -0.2) is 4.98 Å². The fourth-order valence-corrected chi connectivity index (χ4v) is 2.03. The van der Waals surface area contributed by atoms with Crippen LogP contribution in [0.1, 0.15) is 11.4 Å². The molecule has 6 nitrogen and oxygen atoms in total. The highest BCUT2D eigenvalue weighted by Crippen LogP contribution is 2.24. The quantitative estimate of drug-likeness (QED) is 0.670. The van der Waals surface area contributed by atoms with Crippen molar-refractivity contribution >= 4 is 17.3 Å². The summed E-state index contributed by atoms with van der Waals surface area (Å²) >= 11 is 5.78. The Hall–Kier alpha value is -1.92. The second kappa shape index (κ2) is 5.81. The van der Waals surface area contributed by atoms with Crippen molar-refractivity contribution in [2.24, 2.45) is 5.73 Å². The van der Waals surface area contributed by atoms with Crippen LogP contribution in [0.25, 0.3) is 0 Å². The molecule has 0 saturated carbocycles. The van der Waals surface area contributed by atoms with Crippen LogP contribution in [0.15, 0.2) is 30.6 Å². The molecule has 7 heteroatoms. The van der Waals surface area contributed by atoms with E-state index < -0.39 is 4.92 Å². The van der Waals surface area contributed by atoms with E-state index in [1.807, 2.05) is 4.57 Å². The molecule has 0 fully saturated rings. The van der Waals surface area contributed by atoms with E-state index in [9.17, 15) is 10.1 Å². The van der Waals surface area contributed by atoms with E-state index >= 15 is 0 Å². The van der Waals surface area contributed by atoms with Gasteiger partial charge in [0, 0.05) is 35.5 Å². The lowest BCUT2D eigenvalue weighted by Gasteiger charge is -2.08. The Kier molecular flexibility index (Phi) is 4.13. The summed E-state index contributed by atoms with van der Waals surface area (Å²) in [6.07, 6.45) is 4.07. The van der Waals surface area contributed by atoms with Crippen LogP contribution in [0.4, 0.5) is 5.69 Å². The highest BCUT2D eigenvalue weighted by Gasteiger charge is 2.15. The molecule has 1 aromatic heterocycles. The average molecular weight is 281 g/mol. The third-order valence-electron chi connectivity index (χ3n) is 2.75. The monoisotopic (exact) mass is 280 g/mol. The van der Waals surface area contributed by atoms with Gasteiger partial charge in [-0.05, 0) is 18.7 Å². The van der Waals surface area contributed by atoms with Crippen LogP contribution in [0.5, 0.6) is 0 Å². The number of halogens is 1. The molecule has 0 unspecified atom stereocenters. The third kappa shape index (κ3) is 3.10. The summed E-state index contributed by atoms with van der Waals surface area (Å²) in [5, 5.41) is 11.4. The Morgan fingerprint density at radius 3 is 2.95 bits per heavy atom. The predicted octanol–water partition coefficient (Wildman–Crippen LogP) is 1.99. The largest absolute Gasteiger partial charge is 0.330 e. The standard InChI is InChI=1S/C12H13ClN4O2/c13-10-2-1-9(11(7-10)17(18)19)8-16-6-5-15-12(16)3-4-14/h1-2,5-7H,3-4,8,14H2. The first-order chi connectivity index (χ1) is 9.11. The van der Waals surface area contributed by atoms with Crippen molar-refractivity contribution in [3.8, 4) is 0 Å². The fraction of sp³-hybridized carbons (Fsp3) is 0.250. The third-order valence-corrected chi connectivity index (χ3v) is 2.99. The van der Waals surface area contributed by atoms with Crippen molar-refractivity contribution < 1.29 is 4.92 Å². The minimum atomic E-state index is -0.430. The smallest absolute Gasteiger partial charge is 0.275 e. The minimum absolute atomic E-state index is 0.0138. The predicted molar refractivity (Wildman–Crippen MR) is 72.2 cm³/mol. The van der Waals surface area contributed by atoms with E-state index in [1.165, 1.54) is 6.07 Å². The van der Waals surface area contributed by atoms with Gasteiger partial charge in [-0.2, -0.15) is 0 Å². The molecule has 0 aliphatic carbocycles. The molecule has 0 amide bonds. The zero-order chi connectivity index (χ0) is 13.8. The molecule has 0 atom stereocenters. The number of nitro benzene ring substituents is 1. The molecule has 0 aliphatic rings. The van der Waals surface area contributed by atoms with Crippen molar-refractivity contribution in [3.63, 3.8) is 0 Å². The SMILES string of the molecule is NCCc1nccn1Cc1ccc(Cl)cc1[N+](=O)[O-]. The van der Waals surface area contributed by atoms with Crippen LogP contribution in [-0.4, -0.2) is 21.0 Å². The normalized spacial score (nSPS) is 10.6. The van der Waals surface area contributed by atoms with Gasteiger partial charge in [-0.3, -0.25) is 10.1 Å². The lowest BCUT2D eigenvalue weighted by molar-refractivity contribution is -0.385. The Morgan fingerprint density at radius 2 is 2.26 bits per heavy atom. The molecule has 19 heavy (non-hydrogen) atoms. The first kappa shape index (κ1) is 13.5. The van der Waals surface area contributed by atoms with Gasteiger partial charge in [0.1, 0.15) is 5.82 Å². The first-order valence-electron chi connectivity index (χ1n) is 5.74. The molecular formula is C12H13ClN4O2.